The van der Waals surface area contributed by atoms with Crippen LogP contribution in [-0.2, 0) is 42.9 Å². The number of carbonyl (C=O) groups excluding carboxylic acids is 4. The van der Waals surface area contributed by atoms with Crippen LogP contribution in [0.4, 0.5) is 0 Å². The van der Waals surface area contributed by atoms with Gasteiger partial charge in [-0.15, -0.1) is 0 Å². The second-order valence-electron chi connectivity index (χ2n) is 8.54. The second kappa shape index (κ2) is 10.4. The van der Waals surface area contributed by atoms with Gasteiger partial charge in [-0.05, 0) is 6.42 Å². The van der Waals surface area contributed by atoms with Crippen molar-refractivity contribution in [3.63, 3.8) is 0 Å². The molecule has 1 saturated heterocycles. The number of aliphatic hydroxyl groups excluding tert-OH is 1. The van der Waals surface area contributed by atoms with Crippen LogP contribution in [0.5, 0.6) is 0 Å². The molecule has 0 radical (unpaired) electrons. The Balaban J connectivity index is 3.49. The summed E-state index contributed by atoms with van der Waals surface area (Å²) in [5.74, 6) is -2.80. The molecule has 0 unspecified atom stereocenters. The van der Waals surface area contributed by atoms with Crippen molar-refractivity contribution in [2.75, 3.05) is 6.61 Å². The summed E-state index contributed by atoms with van der Waals surface area (Å²) in [6.07, 6.45) is -5.40. The van der Waals surface area contributed by atoms with Gasteiger partial charge in [-0.1, -0.05) is 25.7 Å². The van der Waals surface area contributed by atoms with Crippen molar-refractivity contribution in [2.45, 2.75) is 90.0 Å². The summed E-state index contributed by atoms with van der Waals surface area (Å²) in [6.45, 7) is 10.5. The first-order valence-electron chi connectivity index (χ1n) is 9.69. The zero-order valence-electron chi connectivity index (χ0n) is 18.6. The summed E-state index contributed by atoms with van der Waals surface area (Å²) in [7, 11) is -1.72. The summed E-state index contributed by atoms with van der Waals surface area (Å²) in [5, 5.41) is 10.9. The molecule has 0 saturated carbocycles. The highest BCUT2D eigenvalue weighted by atomic mass is 28.3. The molecule has 0 aliphatic carbocycles. The summed E-state index contributed by atoms with van der Waals surface area (Å²) >= 11 is 0. The van der Waals surface area contributed by atoms with Crippen molar-refractivity contribution in [3.05, 3.63) is 0 Å². The molecule has 0 aromatic carbocycles. The van der Waals surface area contributed by atoms with Crippen molar-refractivity contribution in [1.82, 2.24) is 0 Å². The van der Waals surface area contributed by atoms with E-state index in [1.54, 1.807) is 0 Å². The molecule has 1 aliphatic rings. The van der Waals surface area contributed by atoms with Crippen molar-refractivity contribution >= 4 is 32.0 Å². The number of rotatable bonds is 8. The van der Waals surface area contributed by atoms with Crippen LogP contribution in [0.15, 0.2) is 0 Å². The van der Waals surface area contributed by atoms with Crippen LogP contribution in [0.25, 0.3) is 0 Å². The first kappa shape index (κ1) is 26.1. The molecule has 0 amide bonds. The van der Waals surface area contributed by atoms with Gasteiger partial charge < -0.3 is 28.8 Å². The molecule has 0 bridgehead atoms. The zero-order valence-corrected chi connectivity index (χ0v) is 19.6. The molecule has 1 fully saturated rings. The van der Waals surface area contributed by atoms with E-state index in [-0.39, 0.29) is 13.0 Å². The number of esters is 4. The average molecular weight is 449 g/mol. The molecule has 0 aromatic rings. The van der Waals surface area contributed by atoms with E-state index in [1.165, 1.54) is 6.92 Å². The lowest BCUT2D eigenvalue weighted by Gasteiger charge is -2.50. The first-order chi connectivity index (χ1) is 13.7. The monoisotopic (exact) mass is 448 g/mol. The Kier molecular flexibility index (Phi) is 9.00. The molecule has 30 heavy (non-hydrogen) atoms. The minimum atomic E-state index is -1.80. The van der Waals surface area contributed by atoms with Gasteiger partial charge in [0.1, 0.15) is 12.7 Å². The van der Waals surface area contributed by atoms with Crippen molar-refractivity contribution < 1.29 is 48.0 Å². The van der Waals surface area contributed by atoms with Crippen LogP contribution in [-0.4, -0.2) is 73.9 Å². The molecule has 10 nitrogen and oxygen atoms in total. The fourth-order valence-corrected chi connectivity index (χ4v) is 4.38. The van der Waals surface area contributed by atoms with Crippen LogP contribution in [0.3, 0.4) is 0 Å². The molecule has 0 aromatic heterocycles. The second-order valence-corrected chi connectivity index (χ2v) is 14.2. The van der Waals surface area contributed by atoms with Gasteiger partial charge in [0.05, 0.1) is 0 Å². The first-order valence-corrected chi connectivity index (χ1v) is 13.4. The summed E-state index contributed by atoms with van der Waals surface area (Å²) in [4.78, 5) is 46.9. The van der Waals surface area contributed by atoms with Gasteiger partial charge in [-0.25, -0.2) is 0 Å². The predicted octanol–water partition coefficient (Wildman–Crippen LogP) is 1.16. The highest BCUT2D eigenvalue weighted by Crippen LogP contribution is 2.40. The highest BCUT2D eigenvalue weighted by molar-refractivity contribution is 6.76. The fourth-order valence-electron chi connectivity index (χ4n) is 3.24. The SMILES string of the molecule is CC(=O)OC[C@H]1O[C@@H](O)[C@](CC[Si](C)(C)C)(OC(C)=O)[C@@H](OC(C)=O)[C@H]1OC(C)=O. The van der Waals surface area contributed by atoms with E-state index in [2.05, 4.69) is 19.6 Å². The topological polar surface area (TPSA) is 135 Å². The van der Waals surface area contributed by atoms with E-state index in [1.807, 2.05) is 0 Å². The van der Waals surface area contributed by atoms with Crippen LogP contribution < -0.4 is 0 Å². The summed E-state index contributed by atoms with van der Waals surface area (Å²) in [6, 6.07) is 0.583. The third-order valence-electron chi connectivity index (χ3n) is 4.51. The summed E-state index contributed by atoms with van der Waals surface area (Å²) < 4.78 is 26.8. The normalized spacial score (nSPS) is 28.9. The minimum absolute atomic E-state index is 0.111. The van der Waals surface area contributed by atoms with E-state index < -0.39 is 62.2 Å². The van der Waals surface area contributed by atoms with Gasteiger partial charge in [0.25, 0.3) is 0 Å². The van der Waals surface area contributed by atoms with E-state index in [4.69, 9.17) is 23.7 Å². The van der Waals surface area contributed by atoms with Crippen LogP contribution in [0.1, 0.15) is 34.1 Å². The quantitative estimate of drug-likeness (QED) is 0.327. The Morgan fingerprint density at radius 1 is 0.933 bits per heavy atom. The van der Waals surface area contributed by atoms with Crippen LogP contribution in [0, 0.1) is 0 Å². The number of ether oxygens (including phenoxy) is 5. The molecule has 0 spiro atoms. The van der Waals surface area contributed by atoms with Gasteiger partial charge in [-0.3, -0.25) is 19.2 Å². The minimum Gasteiger partial charge on any atom is -0.463 e. The van der Waals surface area contributed by atoms with E-state index >= 15 is 0 Å². The Hall–Kier alpha value is -1.98. The van der Waals surface area contributed by atoms with Gasteiger partial charge >= 0.3 is 23.9 Å². The molecule has 1 aliphatic heterocycles. The standard InChI is InChI=1S/C19H32O10Si/c1-11(20)25-10-15-16(26-12(2)21)17(27-13(3)22)19(18(24)28-15,29-14(4)23)8-9-30(5,6)7/h15-18,24H,8-10H2,1-7H3/t15-,16+,17+,18-,19-/m1/s1. The smallest absolute Gasteiger partial charge is 0.303 e. The lowest BCUT2D eigenvalue weighted by Crippen LogP contribution is -2.70. The number of hydrogen-bond acceptors (Lipinski definition) is 10. The molecule has 11 heteroatoms. The van der Waals surface area contributed by atoms with Crippen molar-refractivity contribution in [3.8, 4) is 0 Å². The average Bonchev–Trinajstić information content (AvgIpc) is 2.55. The van der Waals surface area contributed by atoms with Crippen molar-refractivity contribution in [2.24, 2.45) is 0 Å². The fraction of sp³-hybridized carbons (Fsp3) is 0.789. The number of carbonyl (C=O) groups is 4. The van der Waals surface area contributed by atoms with Gasteiger partial charge in [0.2, 0.25) is 5.60 Å². The Morgan fingerprint density at radius 3 is 1.93 bits per heavy atom. The molecule has 172 valence electrons. The van der Waals surface area contributed by atoms with Crippen LogP contribution >= 0.6 is 0 Å². The van der Waals surface area contributed by atoms with E-state index in [9.17, 15) is 24.3 Å². The predicted molar refractivity (Wildman–Crippen MR) is 106 cm³/mol. The maximum atomic E-state index is 11.9. The Labute approximate surface area is 177 Å². The molecular weight excluding hydrogens is 416 g/mol. The van der Waals surface area contributed by atoms with Gasteiger partial charge in [0, 0.05) is 35.8 Å². The van der Waals surface area contributed by atoms with Crippen molar-refractivity contribution in [1.29, 1.82) is 0 Å². The molecule has 1 N–H and O–H groups in total. The third kappa shape index (κ3) is 7.37. The zero-order chi connectivity index (χ0) is 23.3. The Morgan fingerprint density at radius 2 is 1.50 bits per heavy atom. The van der Waals surface area contributed by atoms with Gasteiger partial charge in [0.15, 0.2) is 18.5 Å². The number of aliphatic hydroxyl groups is 1. The Bertz CT molecular complexity index is 658. The molecule has 1 heterocycles. The van der Waals surface area contributed by atoms with Crippen LogP contribution in [0.2, 0.25) is 25.7 Å². The maximum Gasteiger partial charge on any atom is 0.303 e. The molecule has 5 atom stereocenters. The lowest BCUT2D eigenvalue weighted by molar-refractivity contribution is -0.335. The lowest BCUT2D eigenvalue weighted by atomic mass is 9.83. The van der Waals surface area contributed by atoms with E-state index in [0.717, 1.165) is 20.8 Å². The molecule has 1 rings (SSSR count). The highest BCUT2D eigenvalue weighted by Gasteiger charge is 2.62. The van der Waals surface area contributed by atoms with Gasteiger partial charge in [-0.2, -0.15) is 0 Å². The maximum absolute atomic E-state index is 11.9. The molecular formula is C19H32O10Si. The summed E-state index contributed by atoms with van der Waals surface area (Å²) in [5.41, 5.74) is -1.80. The largest absolute Gasteiger partial charge is 0.463 e. The van der Waals surface area contributed by atoms with E-state index in [0.29, 0.717) is 6.04 Å². The number of hydrogen-bond donors (Lipinski definition) is 1. The third-order valence-corrected chi connectivity index (χ3v) is 6.26.